The third-order valence-electron chi connectivity index (χ3n) is 5.43. The van der Waals surface area contributed by atoms with E-state index < -0.39 is 0 Å². The summed E-state index contributed by atoms with van der Waals surface area (Å²) < 4.78 is 7.12. The second-order valence-corrected chi connectivity index (χ2v) is 7.48. The summed E-state index contributed by atoms with van der Waals surface area (Å²) in [6.45, 7) is 2.72. The fourth-order valence-corrected chi connectivity index (χ4v) is 3.81. The maximum absolute atomic E-state index is 12.4. The van der Waals surface area contributed by atoms with Crippen LogP contribution in [0.4, 0.5) is 0 Å². The summed E-state index contributed by atoms with van der Waals surface area (Å²) in [4.78, 5) is 25.3. The van der Waals surface area contributed by atoms with Gasteiger partial charge in [-0.15, -0.1) is 0 Å². The van der Waals surface area contributed by atoms with Crippen LogP contribution in [-0.2, 0) is 17.7 Å². The molecule has 0 bridgehead atoms. The van der Waals surface area contributed by atoms with Crippen LogP contribution in [0.5, 0.6) is 0 Å². The van der Waals surface area contributed by atoms with Crippen molar-refractivity contribution in [3.63, 3.8) is 0 Å². The van der Waals surface area contributed by atoms with Gasteiger partial charge in [0.1, 0.15) is 18.2 Å². The first kappa shape index (κ1) is 21.2. The highest BCUT2D eigenvalue weighted by molar-refractivity contribution is 6.02. The molecule has 0 N–H and O–H groups in total. The Bertz CT molecular complexity index is 1300. The topological polar surface area (TPSA) is 93.7 Å². The Morgan fingerprint density at radius 3 is 2.72 bits per heavy atom. The molecule has 0 unspecified atom stereocenters. The Morgan fingerprint density at radius 1 is 1.19 bits per heavy atom. The highest BCUT2D eigenvalue weighted by Gasteiger charge is 2.18. The zero-order valence-electron chi connectivity index (χ0n) is 18.1. The zero-order valence-corrected chi connectivity index (χ0v) is 18.1. The standard InChI is InChI=1S/C25H23N5O2/c1-3-4-8-23-29-21-7-5-6-19(25(31)32-2)24(21)30(23)15-17-9-11-18(12-10-17)20-14-27-16-28-22(20)13-26/h5-7,9-12,14,16H,3-4,8,15H2,1-2H3. The van der Waals surface area contributed by atoms with Crippen LogP contribution in [0.3, 0.4) is 0 Å². The number of ether oxygens (including phenoxy) is 1. The number of unbranched alkanes of at least 4 members (excludes halogenated alkanes) is 1. The van der Waals surface area contributed by atoms with Crippen molar-refractivity contribution in [2.75, 3.05) is 7.11 Å². The van der Waals surface area contributed by atoms with E-state index in [2.05, 4.69) is 27.5 Å². The number of hydrogen-bond acceptors (Lipinski definition) is 6. The predicted molar refractivity (Wildman–Crippen MR) is 121 cm³/mol. The maximum Gasteiger partial charge on any atom is 0.340 e. The molecule has 0 fully saturated rings. The lowest BCUT2D eigenvalue weighted by molar-refractivity contribution is 0.0602. The van der Waals surface area contributed by atoms with Gasteiger partial charge in [-0.1, -0.05) is 43.7 Å². The molecule has 0 aliphatic rings. The van der Waals surface area contributed by atoms with Crippen LogP contribution >= 0.6 is 0 Å². The minimum Gasteiger partial charge on any atom is -0.465 e. The SMILES string of the molecule is CCCCc1nc2cccc(C(=O)OC)c2n1Cc1ccc(-c2cncnc2C#N)cc1. The third kappa shape index (κ3) is 4.08. The van der Waals surface area contributed by atoms with Crippen molar-refractivity contribution in [1.29, 1.82) is 5.26 Å². The summed E-state index contributed by atoms with van der Waals surface area (Å²) in [6, 6.07) is 15.6. The van der Waals surface area contributed by atoms with Crippen LogP contribution in [-0.4, -0.2) is 32.6 Å². The van der Waals surface area contributed by atoms with Gasteiger partial charge in [-0.25, -0.2) is 19.7 Å². The number of fused-ring (bicyclic) bond motifs is 1. The number of carbonyl (C=O) groups excluding carboxylic acids is 1. The Morgan fingerprint density at radius 2 is 2.00 bits per heavy atom. The fourth-order valence-electron chi connectivity index (χ4n) is 3.81. The highest BCUT2D eigenvalue weighted by Crippen LogP contribution is 2.26. The second-order valence-electron chi connectivity index (χ2n) is 7.48. The minimum atomic E-state index is -0.373. The van der Waals surface area contributed by atoms with Crippen LogP contribution in [0.15, 0.2) is 55.0 Å². The number of aromatic nitrogens is 4. The maximum atomic E-state index is 12.4. The summed E-state index contributed by atoms with van der Waals surface area (Å²) in [7, 11) is 1.39. The molecular weight excluding hydrogens is 402 g/mol. The lowest BCUT2D eigenvalue weighted by Gasteiger charge is -2.12. The van der Waals surface area contributed by atoms with Gasteiger partial charge in [0.05, 0.1) is 23.7 Å². The van der Waals surface area contributed by atoms with Crippen molar-refractivity contribution in [2.24, 2.45) is 0 Å². The van der Waals surface area contributed by atoms with E-state index in [4.69, 9.17) is 9.72 Å². The first-order valence-corrected chi connectivity index (χ1v) is 10.5. The van der Waals surface area contributed by atoms with Gasteiger partial charge in [-0.05, 0) is 29.7 Å². The number of hydrogen-bond donors (Lipinski definition) is 0. The molecular formula is C25H23N5O2. The number of rotatable bonds is 7. The number of carbonyl (C=O) groups is 1. The van der Waals surface area contributed by atoms with Gasteiger partial charge in [0, 0.05) is 24.7 Å². The van der Waals surface area contributed by atoms with Gasteiger partial charge in [0.15, 0.2) is 5.69 Å². The van der Waals surface area contributed by atoms with Crippen molar-refractivity contribution in [3.05, 3.63) is 77.6 Å². The van der Waals surface area contributed by atoms with Crippen LogP contribution in [0.1, 0.15) is 47.2 Å². The number of benzene rings is 2. The van der Waals surface area contributed by atoms with E-state index in [1.54, 1.807) is 12.3 Å². The number of nitriles is 1. The lowest BCUT2D eigenvalue weighted by atomic mass is 10.0. The van der Waals surface area contributed by atoms with Gasteiger partial charge in [0.2, 0.25) is 0 Å². The monoisotopic (exact) mass is 425 g/mol. The molecule has 0 aliphatic heterocycles. The van der Waals surface area contributed by atoms with E-state index in [9.17, 15) is 10.1 Å². The first-order valence-electron chi connectivity index (χ1n) is 10.5. The number of nitrogens with zero attached hydrogens (tertiary/aromatic N) is 5. The van der Waals surface area contributed by atoms with E-state index in [1.165, 1.54) is 13.4 Å². The van der Waals surface area contributed by atoms with Gasteiger partial charge >= 0.3 is 5.97 Å². The molecule has 2 aromatic heterocycles. The summed E-state index contributed by atoms with van der Waals surface area (Å²) in [5, 5.41) is 9.31. The molecule has 160 valence electrons. The predicted octanol–water partition coefficient (Wildman–Crippen LogP) is 4.54. The minimum absolute atomic E-state index is 0.345. The van der Waals surface area contributed by atoms with Crippen LogP contribution in [0, 0.1) is 11.3 Å². The normalized spacial score (nSPS) is 10.8. The van der Waals surface area contributed by atoms with Crippen molar-refractivity contribution >= 4 is 17.0 Å². The number of para-hydroxylation sites is 1. The summed E-state index contributed by atoms with van der Waals surface area (Å²) in [5.41, 5.74) is 5.07. The van der Waals surface area contributed by atoms with Gasteiger partial charge in [-0.3, -0.25) is 0 Å². The average molecular weight is 425 g/mol. The highest BCUT2D eigenvalue weighted by atomic mass is 16.5. The quantitative estimate of drug-likeness (QED) is 0.404. The zero-order chi connectivity index (χ0) is 22.5. The molecule has 0 aliphatic carbocycles. The van der Waals surface area contributed by atoms with Gasteiger partial charge in [-0.2, -0.15) is 5.26 Å². The van der Waals surface area contributed by atoms with Crippen LogP contribution < -0.4 is 0 Å². The van der Waals surface area contributed by atoms with E-state index in [0.29, 0.717) is 23.4 Å². The van der Waals surface area contributed by atoms with Crippen molar-refractivity contribution < 1.29 is 9.53 Å². The Kier molecular flexibility index (Phi) is 6.22. The Labute approximate surface area is 186 Å². The lowest BCUT2D eigenvalue weighted by Crippen LogP contribution is -2.09. The van der Waals surface area contributed by atoms with Crippen LogP contribution in [0.25, 0.3) is 22.2 Å². The fraction of sp³-hybridized carbons (Fsp3) is 0.240. The summed E-state index contributed by atoms with van der Waals surface area (Å²) in [6.07, 6.45) is 5.92. The number of aryl methyl sites for hydroxylation is 1. The number of imidazole rings is 1. The smallest absolute Gasteiger partial charge is 0.340 e. The first-order chi connectivity index (χ1) is 15.7. The molecule has 7 nitrogen and oxygen atoms in total. The molecule has 0 saturated heterocycles. The van der Waals surface area contributed by atoms with Crippen molar-refractivity contribution in [3.8, 4) is 17.2 Å². The van der Waals surface area contributed by atoms with Crippen molar-refractivity contribution in [2.45, 2.75) is 32.7 Å². The number of esters is 1. The molecule has 0 saturated carbocycles. The number of methoxy groups -OCH3 is 1. The molecule has 0 radical (unpaired) electrons. The summed E-state index contributed by atoms with van der Waals surface area (Å²) >= 11 is 0. The Balaban J connectivity index is 1.74. The Hall–Kier alpha value is -4.05. The average Bonchev–Trinajstić information content (AvgIpc) is 3.19. The van der Waals surface area contributed by atoms with E-state index >= 15 is 0 Å². The van der Waals surface area contributed by atoms with Crippen LogP contribution in [0.2, 0.25) is 0 Å². The largest absolute Gasteiger partial charge is 0.465 e. The van der Waals surface area contributed by atoms with Crippen molar-refractivity contribution in [1.82, 2.24) is 19.5 Å². The summed E-state index contributed by atoms with van der Waals surface area (Å²) in [5.74, 6) is 0.577. The molecule has 32 heavy (non-hydrogen) atoms. The second kappa shape index (κ2) is 9.40. The molecule has 2 aromatic carbocycles. The van der Waals surface area contributed by atoms with E-state index in [1.807, 2.05) is 36.4 Å². The molecule has 0 amide bonds. The molecule has 4 aromatic rings. The van der Waals surface area contributed by atoms with E-state index in [0.717, 1.165) is 47.2 Å². The molecule has 4 rings (SSSR count). The van der Waals surface area contributed by atoms with Gasteiger partial charge in [0.25, 0.3) is 0 Å². The molecule has 0 atom stereocenters. The molecule has 0 spiro atoms. The molecule has 7 heteroatoms. The van der Waals surface area contributed by atoms with E-state index in [-0.39, 0.29) is 5.97 Å². The molecule has 2 heterocycles. The third-order valence-corrected chi connectivity index (χ3v) is 5.43. The van der Waals surface area contributed by atoms with Gasteiger partial charge < -0.3 is 9.30 Å².